The lowest BCUT2D eigenvalue weighted by atomic mass is 10.2. The summed E-state index contributed by atoms with van der Waals surface area (Å²) in [5, 5.41) is 7.27. The standard InChI is InChI=1S/C7H7N5O/c8-11-7(13)5-1-4-3-10-12-6(4)9-2-5/h1-3H,8H2,(H,11,13)(H,9,10,12). The van der Waals surface area contributed by atoms with E-state index in [4.69, 9.17) is 5.84 Å². The molecule has 4 N–H and O–H groups in total. The first-order valence-electron chi connectivity index (χ1n) is 3.62. The second-order valence-corrected chi connectivity index (χ2v) is 2.50. The fourth-order valence-electron chi connectivity index (χ4n) is 1.04. The lowest BCUT2D eigenvalue weighted by molar-refractivity contribution is 0.0953. The number of nitrogens with one attached hydrogen (secondary N) is 2. The molecule has 0 fully saturated rings. The van der Waals surface area contributed by atoms with E-state index in [9.17, 15) is 4.79 Å². The monoisotopic (exact) mass is 177 g/mol. The van der Waals surface area contributed by atoms with Gasteiger partial charge in [-0.25, -0.2) is 10.8 Å². The fraction of sp³-hybridized carbons (Fsp3) is 0. The Kier molecular flexibility index (Phi) is 1.67. The average molecular weight is 177 g/mol. The van der Waals surface area contributed by atoms with E-state index in [0.29, 0.717) is 11.2 Å². The molecule has 0 aliphatic carbocycles. The second kappa shape index (κ2) is 2.83. The van der Waals surface area contributed by atoms with Crippen LogP contribution in [0.4, 0.5) is 0 Å². The van der Waals surface area contributed by atoms with Crippen LogP contribution in [0.15, 0.2) is 18.5 Å². The molecule has 0 spiro atoms. The van der Waals surface area contributed by atoms with Gasteiger partial charge in [-0.2, -0.15) is 5.10 Å². The molecular weight excluding hydrogens is 170 g/mol. The molecule has 1 amide bonds. The van der Waals surface area contributed by atoms with Crippen molar-refractivity contribution in [3.8, 4) is 0 Å². The predicted octanol–water partition coefficient (Wildman–Crippen LogP) is -0.439. The minimum atomic E-state index is -0.365. The van der Waals surface area contributed by atoms with E-state index < -0.39 is 0 Å². The Labute approximate surface area is 73.1 Å². The molecule has 0 radical (unpaired) electrons. The number of aromatic amines is 1. The maximum absolute atomic E-state index is 11.1. The number of nitrogens with zero attached hydrogens (tertiary/aromatic N) is 2. The first kappa shape index (κ1) is 7.69. The number of hydrazine groups is 1. The Morgan fingerprint density at radius 1 is 1.62 bits per heavy atom. The number of nitrogens with two attached hydrogens (primary N) is 1. The van der Waals surface area contributed by atoms with E-state index in [0.717, 1.165) is 5.39 Å². The maximum atomic E-state index is 11.1. The number of pyridine rings is 1. The van der Waals surface area contributed by atoms with Gasteiger partial charge < -0.3 is 0 Å². The summed E-state index contributed by atoms with van der Waals surface area (Å²) in [6, 6.07) is 1.66. The van der Waals surface area contributed by atoms with E-state index in [2.05, 4.69) is 15.2 Å². The van der Waals surface area contributed by atoms with Crippen LogP contribution in [0.25, 0.3) is 11.0 Å². The number of hydrogen-bond acceptors (Lipinski definition) is 4. The largest absolute Gasteiger partial charge is 0.290 e. The molecule has 2 aromatic rings. The van der Waals surface area contributed by atoms with Crippen LogP contribution in [0.1, 0.15) is 10.4 Å². The van der Waals surface area contributed by atoms with Gasteiger partial charge in [-0.3, -0.25) is 15.3 Å². The summed E-state index contributed by atoms with van der Waals surface area (Å²) < 4.78 is 0. The molecule has 13 heavy (non-hydrogen) atoms. The van der Waals surface area contributed by atoms with Crippen molar-refractivity contribution in [3.05, 3.63) is 24.0 Å². The van der Waals surface area contributed by atoms with Crippen LogP contribution in [0.3, 0.4) is 0 Å². The van der Waals surface area contributed by atoms with Crippen molar-refractivity contribution in [1.82, 2.24) is 20.6 Å². The van der Waals surface area contributed by atoms with Gasteiger partial charge in [-0.05, 0) is 6.07 Å². The Balaban J connectivity index is 2.54. The zero-order valence-corrected chi connectivity index (χ0v) is 6.61. The van der Waals surface area contributed by atoms with Crippen LogP contribution in [0, 0.1) is 0 Å². The quantitative estimate of drug-likeness (QED) is 0.312. The molecule has 0 aromatic carbocycles. The van der Waals surface area contributed by atoms with Gasteiger partial charge in [0.05, 0.1) is 5.56 Å². The Hall–Kier alpha value is -1.95. The van der Waals surface area contributed by atoms with Gasteiger partial charge >= 0.3 is 0 Å². The van der Waals surface area contributed by atoms with E-state index in [1.165, 1.54) is 6.20 Å². The number of aromatic nitrogens is 3. The van der Waals surface area contributed by atoms with Crippen LogP contribution in [0.5, 0.6) is 0 Å². The smallest absolute Gasteiger partial charge is 0.266 e. The third-order valence-electron chi connectivity index (χ3n) is 1.68. The highest BCUT2D eigenvalue weighted by molar-refractivity contribution is 5.96. The van der Waals surface area contributed by atoms with Crippen molar-refractivity contribution in [2.45, 2.75) is 0 Å². The zero-order chi connectivity index (χ0) is 9.26. The second-order valence-electron chi connectivity index (χ2n) is 2.50. The number of nitrogen functional groups attached to an aromatic ring is 1. The Bertz CT molecular complexity index is 449. The number of rotatable bonds is 1. The van der Waals surface area contributed by atoms with Crippen LogP contribution in [0.2, 0.25) is 0 Å². The number of amides is 1. The molecule has 0 saturated carbocycles. The van der Waals surface area contributed by atoms with E-state index in [-0.39, 0.29) is 5.91 Å². The number of H-pyrrole nitrogens is 1. The SMILES string of the molecule is NNC(=O)c1cnc2n[nH]cc2c1. The lowest BCUT2D eigenvalue weighted by Gasteiger charge is -1.97. The summed E-state index contributed by atoms with van der Waals surface area (Å²) in [6.07, 6.45) is 3.08. The number of carbonyl (C=O) groups is 1. The third-order valence-corrected chi connectivity index (χ3v) is 1.68. The first-order valence-corrected chi connectivity index (χ1v) is 3.62. The van der Waals surface area contributed by atoms with E-state index in [1.807, 2.05) is 5.43 Å². The molecule has 0 saturated heterocycles. The third kappa shape index (κ3) is 1.23. The average Bonchev–Trinajstić information content (AvgIpc) is 2.63. The summed E-state index contributed by atoms with van der Waals surface area (Å²) in [6.45, 7) is 0. The molecule has 6 heteroatoms. The molecule has 0 unspecified atom stereocenters. The Morgan fingerprint density at radius 3 is 3.23 bits per heavy atom. The highest BCUT2D eigenvalue weighted by atomic mass is 16.2. The van der Waals surface area contributed by atoms with E-state index >= 15 is 0 Å². The number of fused-ring (bicyclic) bond motifs is 1. The molecule has 0 bridgehead atoms. The molecule has 2 heterocycles. The summed E-state index contributed by atoms with van der Waals surface area (Å²) in [5.41, 5.74) is 3.02. The highest BCUT2D eigenvalue weighted by Crippen LogP contribution is 2.08. The van der Waals surface area contributed by atoms with Crippen LogP contribution in [-0.4, -0.2) is 21.1 Å². The van der Waals surface area contributed by atoms with Crippen LogP contribution in [-0.2, 0) is 0 Å². The Morgan fingerprint density at radius 2 is 2.46 bits per heavy atom. The minimum Gasteiger partial charge on any atom is -0.290 e. The van der Waals surface area contributed by atoms with Gasteiger partial charge in [0, 0.05) is 17.8 Å². The van der Waals surface area contributed by atoms with Crippen molar-refractivity contribution in [3.63, 3.8) is 0 Å². The lowest BCUT2D eigenvalue weighted by Crippen LogP contribution is -2.29. The van der Waals surface area contributed by atoms with Gasteiger partial charge in [0.1, 0.15) is 0 Å². The highest BCUT2D eigenvalue weighted by Gasteiger charge is 2.05. The number of hydrogen-bond donors (Lipinski definition) is 3. The van der Waals surface area contributed by atoms with Crippen molar-refractivity contribution < 1.29 is 4.79 Å². The zero-order valence-electron chi connectivity index (χ0n) is 6.61. The molecule has 0 aliphatic rings. The molecule has 66 valence electrons. The topological polar surface area (TPSA) is 96.7 Å². The molecule has 6 nitrogen and oxygen atoms in total. The van der Waals surface area contributed by atoms with Gasteiger partial charge in [0.15, 0.2) is 5.65 Å². The fourth-order valence-corrected chi connectivity index (χ4v) is 1.04. The number of carbonyl (C=O) groups excluding carboxylic acids is 1. The summed E-state index contributed by atoms with van der Waals surface area (Å²) in [5.74, 6) is 4.61. The predicted molar refractivity (Wildman–Crippen MR) is 45.5 cm³/mol. The van der Waals surface area contributed by atoms with Gasteiger partial charge in [-0.15, -0.1) is 0 Å². The molecule has 2 aromatic heterocycles. The summed E-state index contributed by atoms with van der Waals surface area (Å²) >= 11 is 0. The van der Waals surface area contributed by atoms with Crippen LogP contribution >= 0.6 is 0 Å². The van der Waals surface area contributed by atoms with Crippen molar-refractivity contribution in [2.24, 2.45) is 5.84 Å². The maximum Gasteiger partial charge on any atom is 0.266 e. The normalized spacial score (nSPS) is 10.2. The van der Waals surface area contributed by atoms with E-state index in [1.54, 1.807) is 12.3 Å². The van der Waals surface area contributed by atoms with Gasteiger partial charge in [0.2, 0.25) is 0 Å². The van der Waals surface area contributed by atoms with Crippen LogP contribution < -0.4 is 11.3 Å². The van der Waals surface area contributed by atoms with Crippen molar-refractivity contribution in [2.75, 3.05) is 0 Å². The van der Waals surface area contributed by atoms with Crippen molar-refractivity contribution >= 4 is 16.9 Å². The van der Waals surface area contributed by atoms with Gasteiger partial charge in [-0.1, -0.05) is 0 Å². The summed E-state index contributed by atoms with van der Waals surface area (Å²) in [7, 11) is 0. The molecule has 0 atom stereocenters. The van der Waals surface area contributed by atoms with Crippen molar-refractivity contribution in [1.29, 1.82) is 0 Å². The molecule has 0 aliphatic heterocycles. The molecule has 2 rings (SSSR count). The minimum absolute atomic E-state index is 0.365. The molecular formula is C7H7N5O. The first-order chi connectivity index (χ1) is 6.31. The van der Waals surface area contributed by atoms with Gasteiger partial charge in [0.25, 0.3) is 5.91 Å². The summed E-state index contributed by atoms with van der Waals surface area (Å²) in [4.78, 5) is 15.0.